The Hall–Kier alpha value is -1.77. The van der Waals surface area contributed by atoms with Crippen molar-refractivity contribution >= 4 is 12.0 Å². The number of esters is 1. The molecule has 2 atom stereocenters. The summed E-state index contributed by atoms with van der Waals surface area (Å²) in [6, 6.07) is 8.14. The van der Waals surface area contributed by atoms with E-state index in [1.165, 1.54) is 12.7 Å². The van der Waals surface area contributed by atoms with Gasteiger partial charge in [0.15, 0.2) is 0 Å². The van der Waals surface area contributed by atoms with Gasteiger partial charge in [-0.25, -0.2) is 0 Å². The molecule has 0 saturated heterocycles. The quantitative estimate of drug-likeness (QED) is 0.783. The van der Waals surface area contributed by atoms with Gasteiger partial charge in [0.25, 0.3) is 0 Å². The van der Waals surface area contributed by atoms with E-state index in [2.05, 4.69) is 26.0 Å². The Morgan fingerprint density at radius 2 is 1.89 bits per heavy atom. The van der Waals surface area contributed by atoms with Gasteiger partial charge in [-0.1, -0.05) is 38.1 Å². The molecule has 19 heavy (non-hydrogen) atoms. The normalized spacial score (nSPS) is 21.6. The highest BCUT2D eigenvalue weighted by atomic mass is 16.5. The zero-order valence-electron chi connectivity index (χ0n) is 11.8. The summed E-state index contributed by atoms with van der Waals surface area (Å²) in [4.78, 5) is 12.1. The molecule has 3 nitrogen and oxygen atoms in total. The third-order valence-corrected chi connectivity index (χ3v) is 3.73. The maximum Gasteiger partial charge on any atom is 0.316 e. The number of carbonyl (C=O) groups excluding carboxylic acids is 1. The molecule has 0 amide bonds. The molecule has 0 aliphatic heterocycles. The van der Waals surface area contributed by atoms with Gasteiger partial charge in [-0.2, -0.15) is 0 Å². The van der Waals surface area contributed by atoms with Crippen LogP contribution in [0.2, 0.25) is 0 Å². The van der Waals surface area contributed by atoms with Crippen LogP contribution >= 0.6 is 0 Å². The monoisotopic (exact) mass is 260 g/mol. The molecule has 0 heterocycles. The highest BCUT2D eigenvalue weighted by Crippen LogP contribution is 2.43. The first kappa shape index (κ1) is 13.7. The Kier molecular flexibility index (Phi) is 3.93. The maximum atomic E-state index is 12.1. The molecular formula is C16H20O3. The van der Waals surface area contributed by atoms with Crippen molar-refractivity contribution in [1.82, 2.24) is 0 Å². The second-order valence-electron chi connectivity index (χ2n) is 5.15. The Labute approximate surface area is 114 Å². The Balaban J connectivity index is 2.57. The number of benzene rings is 1. The van der Waals surface area contributed by atoms with Crippen LogP contribution in [-0.4, -0.2) is 20.2 Å². The van der Waals surface area contributed by atoms with Gasteiger partial charge < -0.3 is 9.47 Å². The van der Waals surface area contributed by atoms with Gasteiger partial charge in [-0.15, -0.1) is 0 Å². The van der Waals surface area contributed by atoms with Crippen molar-refractivity contribution in [2.75, 3.05) is 14.2 Å². The number of ether oxygens (including phenoxy) is 2. The summed E-state index contributed by atoms with van der Waals surface area (Å²) in [5, 5.41) is 0. The fourth-order valence-electron chi connectivity index (χ4n) is 2.87. The van der Waals surface area contributed by atoms with E-state index in [-0.39, 0.29) is 17.8 Å². The molecule has 1 aromatic rings. The van der Waals surface area contributed by atoms with Gasteiger partial charge in [0.05, 0.1) is 14.2 Å². The molecule has 0 bridgehead atoms. The van der Waals surface area contributed by atoms with Gasteiger partial charge in [-0.3, -0.25) is 4.79 Å². The second-order valence-corrected chi connectivity index (χ2v) is 5.15. The summed E-state index contributed by atoms with van der Waals surface area (Å²) in [5.41, 5.74) is 2.31. The Morgan fingerprint density at radius 1 is 1.21 bits per heavy atom. The predicted octanol–water partition coefficient (Wildman–Crippen LogP) is 3.22. The largest absolute Gasteiger partial charge is 0.500 e. The van der Waals surface area contributed by atoms with Gasteiger partial charge in [0.1, 0.15) is 11.7 Å². The molecule has 0 saturated carbocycles. The topological polar surface area (TPSA) is 35.5 Å². The van der Waals surface area contributed by atoms with Crippen LogP contribution in [0.25, 0.3) is 6.08 Å². The lowest BCUT2D eigenvalue weighted by molar-refractivity contribution is -0.146. The summed E-state index contributed by atoms with van der Waals surface area (Å²) in [6.07, 6.45) is 1.94. The van der Waals surface area contributed by atoms with Crippen molar-refractivity contribution < 1.29 is 14.3 Å². The molecule has 0 fully saturated rings. The lowest BCUT2D eigenvalue weighted by atomic mass is 9.72. The van der Waals surface area contributed by atoms with E-state index in [0.717, 1.165) is 5.56 Å². The number of methoxy groups -OCH3 is 2. The summed E-state index contributed by atoms with van der Waals surface area (Å²) < 4.78 is 10.4. The molecule has 2 rings (SSSR count). The van der Waals surface area contributed by atoms with Crippen LogP contribution in [0.15, 0.2) is 30.0 Å². The van der Waals surface area contributed by atoms with Crippen molar-refractivity contribution in [2.24, 2.45) is 11.8 Å². The van der Waals surface area contributed by atoms with Gasteiger partial charge in [0, 0.05) is 5.92 Å². The van der Waals surface area contributed by atoms with Crippen molar-refractivity contribution in [2.45, 2.75) is 19.8 Å². The summed E-state index contributed by atoms with van der Waals surface area (Å²) in [5.74, 6) is 0.503. The molecular weight excluding hydrogens is 240 g/mol. The summed E-state index contributed by atoms with van der Waals surface area (Å²) >= 11 is 0. The fraction of sp³-hybridized carbons (Fsp3) is 0.438. The van der Waals surface area contributed by atoms with Gasteiger partial charge >= 0.3 is 5.97 Å². The van der Waals surface area contributed by atoms with Crippen LogP contribution in [0.4, 0.5) is 0 Å². The average Bonchev–Trinajstić information content (AvgIpc) is 2.43. The number of rotatable bonds is 3. The van der Waals surface area contributed by atoms with Crippen LogP contribution in [0, 0.1) is 11.8 Å². The van der Waals surface area contributed by atoms with Crippen molar-refractivity contribution in [1.29, 1.82) is 0 Å². The average molecular weight is 260 g/mol. The highest BCUT2D eigenvalue weighted by molar-refractivity contribution is 5.81. The third-order valence-electron chi connectivity index (χ3n) is 3.73. The van der Waals surface area contributed by atoms with Crippen LogP contribution in [0.5, 0.6) is 0 Å². The highest BCUT2D eigenvalue weighted by Gasteiger charge is 2.40. The van der Waals surface area contributed by atoms with E-state index < -0.39 is 0 Å². The Bertz CT molecular complexity index is 502. The van der Waals surface area contributed by atoms with Gasteiger partial charge in [0.2, 0.25) is 0 Å². The Morgan fingerprint density at radius 3 is 2.47 bits per heavy atom. The molecule has 0 N–H and O–H groups in total. The number of fused-ring (bicyclic) bond motifs is 1. The molecule has 1 aliphatic rings. The fourth-order valence-corrected chi connectivity index (χ4v) is 2.87. The third kappa shape index (κ3) is 2.37. The molecule has 1 aromatic carbocycles. The summed E-state index contributed by atoms with van der Waals surface area (Å²) in [6.45, 7) is 4.24. The van der Waals surface area contributed by atoms with Crippen LogP contribution < -0.4 is 0 Å². The first-order valence-electron chi connectivity index (χ1n) is 6.52. The number of carbonyl (C=O) groups is 1. The van der Waals surface area contributed by atoms with E-state index in [0.29, 0.717) is 11.7 Å². The smallest absolute Gasteiger partial charge is 0.316 e. The van der Waals surface area contributed by atoms with Crippen LogP contribution in [0.1, 0.15) is 30.9 Å². The first-order chi connectivity index (χ1) is 9.10. The van der Waals surface area contributed by atoms with Gasteiger partial charge in [-0.05, 0) is 23.1 Å². The van der Waals surface area contributed by atoms with E-state index in [4.69, 9.17) is 9.47 Å². The molecule has 0 spiro atoms. The van der Waals surface area contributed by atoms with Crippen molar-refractivity contribution in [3.05, 3.63) is 41.2 Å². The second kappa shape index (κ2) is 5.47. The minimum Gasteiger partial charge on any atom is -0.500 e. The van der Waals surface area contributed by atoms with Crippen LogP contribution in [-0.2, 0) is 14.3 Å². The molecule has 102 valence electrons. The van der Waals surface area contributed by atoms with Crippen molar-refractivity contribution in [3.63, 3.8) is 0 Å². The lowest BCUT2D eigenvalue weighted by Crippen LogP contribution is -2.32. The van der Waals surface area contributed by atoms with Crippen molar-refractivity contribution in [3.8, 4) is 0 Å². The zero-order valence-corrected chi connectivity index (χ0v) is 11.8. The predicted molar refractivity (Wildman–Crippen MR) is 74.5 cm³/mol. The minimum absolute atomic E-state index is 0.0867. The van der Waals surface area contributed by atoms with Crippen LogP contribution in [0.3, 0.4) is 0 Å². The SMILES string of the molecule is COC(=O)[C@H]1C(OC)=Cc2ccccc2[C@@H]1C(C)C. The molecule has 1 aliphatic carbocycles. The first-order valence-corrected chi connectivity index (χ1v) is 6.52. The summed E-state index contributed by atoms with van der Waals surface area (Å²) in [7, 11) is 3.03. The van der Waals surface area contributed by atoms with E-state index in [1.807, 2.05) is 18.2 Å². The van der Waals surface area contributed by atoms with E-state index in [9.17, 15) is 4.79 Å². The maximum absolute atomic E-state index is 12.1. The number of hydrogen-bond acceptors (Lipinski definition) is 3. The standard InChI is InChI=1S/C16H20O3/c1-10(2)14-12-8-6-5-7-11(12)9-13(18-3)15(14)16(17)19-4/h5-10,14-15H,1-4H3/t14-,15-/m0/s1. The molecule has 3 heteroatoms. The number of hydrogen-bond donors (Lipinski definition) is 0. The minimum atomic E-state index is -0.357. The van der Waals surface area contributed by atoms with E-state index >= 15 is 0 Å². The van der Waals surface area contributed by atoms with E-state index in [1.54, 1.807) is 7.11 Å². The molecule has 0 unspecified atom stereocenters. The molecule has 0 radical (unpaired) electrons. The lowest BCUT2D eigenvalue weighted by Gasteiger charge is -2.34. The molecule has 0 aromatic heterocycles. The zero-order chi connectivity index (χ0) is 14.0.